The SMILES string of the molecule is CCCNC(C)C(CCCOCC)C(C)C. The Bertz CT molecular complexity index is 148. The van der Waals surface area contributed by atoms with Crippen LogP contribution in [0.15, 0.2) is 0 Å². The molecule has 0 saturated carbocycles. The third kappa shape index (κ3) is 7.24. The van der Waals surface area contributed by atoms with Crippen molar-refractivity contribution in [3.63, 3.8) is 0 Å². The molecular formula is C14H31NO. The van der Waals surface area contributed by atoms with E-state index in [2.05, 4.69) is 39.9 Å². The van der Waals surface area contributed by atoms with Gasteiger partial charge in [0, 0.05) is 19.3 Å². The van der Waals surface area contributed by atoms with Gasteiger partial charge in [0.2, 0.25) is 0 Å². The maximum Gasteiger partial charge on any atom is 0.0466 e. The summed E-state index contributed by atoms with van der Waals surface area (Å²) in [6, 6.07) is 0.626. The Morgan fingerprint density at radius 1 is 1.12 bits per heavy atom. The summed E-state index contributed by atoms with van der Waals surface area (Å²) >= 11 is 0. The van der Waals surface area contributed by atoms with Gasteiger partial charge in [0.05, 0.1) is 0 Å². The second-order valence-electron chi connectivity index (χ2n) is 4.99. The molecule has 0 bridgehead atoms. The van der Waals surface area contributed by atoms with E-state index in [1.54, 1.807) is 0 Å². The van der Waals surface area contributed by atoms with Crippen LogP contribution in [-0.4, -0.2) is 25.8 Å². The summed E-state index contributed by atoms with van der Waals surface area (Å²) in [5.74, 6) is 1.52. The summed E-state index contributed by atoms with van der Waals surface area (Å²) in [7, 11) is 0. The molecule has 2 heteroatoms. The molecule has 0 amide bonds. The fourth-order valence-electron chi connectivity index (χ4n) is 2.25. The molecule has 98 valence electrons. The minimum atomic E-state index is 0.626. The predicted octanol–water partition coefficient (Wildman–Crippen LogP) is 3.46. The molecule has 0 spiro atoms. The van der Waals surface area contributed by atoms with Gasteiger partial charge in [0.15, 0.2) is 0 Å². The lowest BCUT2D eigenvalue weighted by atomic mass is 9.85. The van der Waals surface area contributed by atoms with Gasteiger partial charge in [-0.05, 0) is 51.5 Å². The van der Waals surface area contributed by atoms with Crippen LogP contribution in [-0.2, 0) is 4.74 Å². The van der Waals surface area contributed by atoms with Gasteiger partial charge < -0.3 is 10.1 Å². The highest BCUT2D eigenvalue weighted by Crippen LogP contribution is 2.21. The Morgan fingerprint density at radius 2 is 1.81 bits per heavy atom. The third-order valence-electron chi connectivity index (χ3n) is 3.25. The quantitative estimate of drug-likeness (QED) is 0.579. The van der Waals surface area contributed by atoms with Crippen molar-refractivity contribution >= 4 is 0 Å². The molecule has 0 aromatic heterocycles. The fourth-order valence-corrected chi connectivity index (χ4v) is 2.25. The fraction of sp³-hybridized carbons (Fsp3) is 1.00. The molecule has 16 heavy (non-hydrogen) atoms. The summed E-state index contributed by atoms with van der Waals surface area (Å²) in [5.41, 5.74) is 0. The topological polar surface area (TPSA) is 21.3 Å². The molecule has 0 aliphatic rings. The molecule has 0 aromatic rings. The van der Waals surface area contributed by atoms with Crippen molar-refractivity contribution in [2.75, 3.05) is 19.8 Å². The maximum absolute atomic E-state index is 5.40. The molecule has 0 rings (SSSR count). The van der Waals surface area contributed by atoms with E-state index in [1.807, 2.05) is 0 Å². The normalized spacial score (nSPS) is 15.4. The van der Waals surface area contributed by atoms with Gasteiger partial charge in [0.1, 0.15) is 0 Å². The lowest BCUT2D eigenvalue weighted by Crippen LogP contribution is -2.36. The standard InChI is InChI=1S/C14H31NO/c1-6-10-15-13(5)14(12(3)4)9-8-11-16-7-2/h12-15H,6-11H2,1-5H3. The molecule has 2 unspecified atom stereocenters. The van der Waals surface area contributed by atoms with Crippen LogP contribution in [0.1, 0.15) is 53.9 Å². The van der Waals surface area contributed by atoms with Crippen LogP contribution in [0.3, 0.4) is 0 Å². The smallest absolute Gasteiger partial charge is 0.0466 e. The van der Waals surface area contributed by atoms with Crippen molar-refractivity contribution in [2.24, 2.45) is 11.8 Å². The minimum absolute atomic E-state index is 0.626. The van der Waals surface area contributed by atoms with Crippen molar-refractivity contribution in [2.45, 2.75) is 59.9 Å². The van der Waals surface area contributed by atoms with E-state index in [9.17, 15) is 0 Å². The molecule has 0 heterocycles. The first kappa shape index (κ1) is 15.9. The Labute approximate surface area is 102 Å². The van der Waals surface area contributed by atoms with E-state index >= 15 is 0 Å². The van der Waals surface area contributed by atoms with Crippen molar-refractivity contribution in [3.8, 4) is 0 Å². The van der Waals surface area contributed by atoms with E-state index in [1.165, 1.54) is 19.3 Å². The van der Waals surface area contributed by atoms with Crippen LogP contribution < -0.4 is 5.32 Å². The highest BCUT2D eigenvalue weighted by Gasteiger charge is 2.19. The zero-order chi connectivity index (χ0) is 12.4. The molecule has 0 aliphatic heterocycles. The maximum atomic E-state index is 5.40. The monoisotopic (exact) mass is 229 g/mol. The average molecular weight is 229 g/mol. The molecule has 0 aliphatic carbocycles. The molecule has 0 fully saturated rings. The largest absolute Gasteiger partial charge is 0.382 e. The van der Waals surface area contributed by atoms with Crippen LogP contribution in [0, 0.1) is 11.8 Å². The van der Waals surface area contributed by atoms with Crippen LogP contribution in [0.2, 0.25) is 0 Å². The Balaban J connectivity index is 3.86. The van der Waals surface area contributed by atoms with Gasteiger partial charge in [-0.2, -0.15) is 0 Å². The first-order valence-corrected chi connectivity index (χ1v) is 6.94. The van der Waals surface area contributed by atoms with Crippen molar-refractivity contribution < 1.29 is 4.74 Å². The average Bonchev–Trinajstić information content (AvgIpc) is 2.25. The molecule has 1 N–H and O–H groups in total. The van der Waals surface area contributed by atoms with Crippen molar-refractivity contribution in [1.29, 1.82) is 0 Å². The second kappa shape index (κ2) is 10.1. The summed E-state index contributed by atoms with van der Waals surface area (Å²) in [4.78, 5) is 0. The van der Waals surface area contributed by atoms with Crippen molar-refractivity contribution in [3.05, 3.63) is 0 Å². The summed E-state index contributed by atoms with van der Waals surface area (Å²) in [5, 5.41) is 3.61. The van der Waals surface area contributed by atoms with Crippen LogP contribution in [0.5, 0.6) is 0 Å². The van der Waals surface area contributed by atoms with E-state index in [-0.39, 0.29) is 0 Å². The number of hydrogen-bond acceptors (Lipinski definition) is 2. The highest BCUT2D eigenvalue weighted by molar-refractivity contribution is 4.74. The first-order chi connectivity index (χ1) is 7.63. The Kier molecular flexibility index (Phi) is 10.0. The molecule has 2 atom stereocenters. The molecular weight excluding hydrogens is 198 g/mol. The number of nitrogens with one attached hydrogen (secondary N) is 1. The van der Waals surface area contributed by atoms with Crippen LogP contribution in [0.25, 0.3) is 0 Å². The van der Waals surface area contributed by atoms with E-state index < -0.39 is 0 Å². The van der Waals surface area contributed by atoms with E-state index in [0.29, 0.717) is 6.04 Å². The lowest BCUT2D eigenvalue weighted by molar-refractivity contribution is 0.132. The summed E-state index contributed by atoms with van der Waals surface area (Å²) in [6.45, 7) is 14.2. The van der Waals surface area contributed by atoms with E-state index in [4.69, 9.17) is 4.74 Å². The lowest BCUT2D eigenvalue weighted by Gasteiger charge is -2.28. The molecule has 2 nitrogen and oxygen atoms in total. The zero-order valence-corrected chi connectivity index (χ0v) is 11.9. The van der Waals surface area contributed by atoms with Gasteiger partial charge in [-0.3, -0.25) is 0 Å². The second-order valence-corrected chi connectivity index (χ2v) is 4.99. The van der Waals surface area contributed by atoms with Crippen LogP contribution in [0.4, 0.5) is 0 Å². The van der Waals surface area contributed by atoms with Crippen LogP contribution >= 0.6 is 0 Å². The third-order valence-corrected chi connectivity index (χ3v) is 3.25. The zero-order valence-electron chi connectivity index (χ0n) is 11.9. The predicted molar refractivity (Wildman–Crippen MR) is 71.8 cm³/mol. The molecule has 0 aromatic carbocycles. The Hall–Kier alpha value is -0.0800. The van der Waals surface area contributed by atoms with Gasteiger partial charge in [-0.25, -0.2) is 0 Å². The molecule has 0 saturated heterocycles. The molecule has 0 radical (unpaired) electrons. The summed E-state index contributed by atoms with van der Waals surface area (Å²) in [6.07, 6.45) is 3.68. The summed E-state index contributed by atoms with van der Waals surface area (Å²) < 4.78 is 5.40. The highest BCUT2D eigenvalue weighted by atomic mass is 16.5. The Morgan fingerprint density at radius 3 is 2.31 bits per heavy atom. The number of rotatable bonds is 10. The minimum Gasteiger partial charge on any atom is -0.382 e. The van der Waals surface area contributed by atoms with Gasteiger partial charge in [-0.15, -0.1) is 0 Å². The number of ether oxygens (including phenoxy) is 1. The van der Waals surface area contributed by atoms with Gasteiger partial charge in [0.25, 0.3) is 0 Å². The van der Waals surface area contributed by atoms with E-state index in [0.717, 1.165) is 31.6 Å². The number of hydrogen-bond donors (Lipinski definition) is 1. The van der Waals surface area contributed by atoms with Crippen molar-refractivity contribution in [1.82, 2.24) is 5.32 Å². The van der Waals surface area contributed by atoms with Gasteiger partial charge in [-0.1, -0.05) is 20.8 Å². The first-order valence-electron chi connectivity index (χ1n) is 6.94. The van der Waals surface area contributed by atoms with Gasteiger partial charge >= 0.3 is 0 Å².